The van der Waals surface area contributed by atoms with Gasteiger partial charge in [0.15, 0.2) is 0 Å². The summed E-state index contributed by atoms with van der Waals surface area (Å²) in [6, 6.07) is 15.3. The highest BCUT2D eigenvalue weighted by Gasteiger charge is 2.22. The molecule has 2 rings (SSSR count). The van der Waals surface area contributed by atoms with E-state index >= 15 is 0 Å². The fourth-order valence-corrected chi connectivity index (χ4v) is 2.83. The molecule has 0 aliphatic heterocycles. The van der Waals surface area contributed by atoms with Crippen molar-refractivity contribution in [3.8, 4) is 0 Å². The van der Waals surface area contributed by atoms with E-state index in [1.807, 2.05) is 24.5 Å². The third-order valence-electron chi connectivity index (χ3n) is 3.39. The monoisotopic (exact) mass is 362 g/mol. The lowest BCUT2D eigenvalue weighted by Crippen LogP contribution is -2.44. The molecule has 0 spiro atoms. The minimum Gasteiger partial charge on any atom is -0.340 e. The first kappa shape index (κ1) is 18.4. The quantitative estimate of drug-likeness (QED) is 0.787. The van der Waals surface area contributed by atoms with Crippen LogP contribution in [0.4, 0.5) is 5.69 Å². The number of carbonyl (C=O) groups excluding carboxylic acids is 2. The third kappa shape index (κ3) is 5.28. The Kier molecular flexibility index (Phi) is 7.15. The molecule has 0 bridgehead atoms. The van der Waals surface area contributed by atoms with Crippen LogP contribution in [0.3, 0.4) is 0 Å². The normalized spacial score (nSPS) is 11.6. The first-order chi connectivity index (χ1) is 11.6. The molecule has 2 N–H and O–H groups in total. The Morgan fingerprint density at radius 1 is 1.08 bits per heavy atom. The summed E-state index contributed by atoms with van der Waals surface area (Å²) in [7, 11) is 0. The van der Waals surface area contributed by atoms with E-state index in [2.05, 4.69) is 10.6 Å². The molecular weight excluding hydrogens is 344 g/mol. The van der Waals surface area contributed by atoms with Gasteiger partial charge in [0.05, 0.1) is 10.6 Å². The van der Waals surface area contributed by atoms with Crippen molar-refractivity contribution in [3.05, 3.63) is 65.2 Å². The van der Waals surface area contributed by atoms with Crippen molar-refractivity contribution >= 4 is 40.9 Å². The Morgan fingerprint density at radius 3 is 2.42 bits per heavy atom. The Bertz CT molecular complexity index is 694. The number of rotatable bonds is 7. The molecule has 0 aromatic heterocycles. The fraction of sp³-hybridized carbons (Fsp3) is 0.222. The number of carbonyl (C=O) groups is 2. The average Bonchev–Trinajstić information content (AvgIpc) is 2.59. The summed E-state index contributed by atoms with van der Waals surface area (Å²) in [5.41, 5.74) is 1.06. The van der Waals surface area contributed by atoms with Crippen LogP contribution in [-0.4, -0.2) is 29.9 Å². The molecule has 6 heteroatoms. The van der Waals surface area contributed by atoms with E-state index in [-0.39, 0.29) is 11.8 Å². The summed E-state index contributed by atoms with van der Waals surface area (Å²) >= 11 is 7.67. The van der Waals surface area contributed by atoms with Gasteiger partial charge in [0.2, 0.25) is 5.91 Å². The van der Waals surface area contributed by atoms with Crippen LogP contribution in [0.1, 0.15) is 16.8 Å². The maximum atomic E-state index is 12.5. The van der Waals surface area contributed by atoms with Gasteiger partial charge >= 0.3 is 0 Å². The molecule has 1 atom stereocenters. The predicted octanol–water partition coefficient (Wildman–Crippen LogP) is 3.83. The number of hydrogen-bond donors (Lipinski definition) is 2. The smallest absolute Gasteiger partial charge is 0.253 e. The van der Waals surface area contributed by atoms with Crippen molar-refractivity contribution in [2.45, 2.75) is 12.5 Å². The van der Waals surface area contributed by atoms with E-state index in [1.54, 1.807) is 48.2 Å². The van der Waals surface area contributed by atoms with Crippen LogP contribution in [-0.2, 0) is 4.79 Å². The van der Waals surface area contributed by atoms with Crippen LogP contribution < -0.4 is 10.6 Å². The molecule has 2 aromatic rings. The van der Waals surface area contributed by atoms with Crippen LogP contribution >= 0.6 is 23.4 Å². The van der Waals surface area contributed by atoms with Gasteiger partial charge < -0.3 is 10.6 Å². The van der Waals surface area contributed by atoms with E-state index in [9.17, 15) is 9.59 Å². The number of hydrogen-bond acceptors (Lipinski definition) is 3. The zero-order chi connectivity index (χ0) is 17.4. The van der Waals surface area contributed by atoms with Crippen LogP contribution in [0.5, 0.6) is 0 Å². The maximum Gasteiger partial charge on any atom is 0.253 e. The van der Waals surface area contributed by atoms with E-state index in [0.29, 0.717) is 22.7 Å². The number of anilines is 1. The molecule has 4 nitrogen and oxygen atoms in total. The van der Waals surface area contributed by atoms with Gasteiger partial charge in [-0.3, -0.25) is 9.59 Å². The Labute approximate surface area is 151 Å². The molecule has 1 unspecified atom stereocenters. The number of thioether (sulfide) groups is 1. The van der Waals surface area contributed by atoms with Crippen molar-refractivity contribution in [3.63, 3.8) is 0 Å². The Balaban J connectivity index is 2.08. The zero-order valence-electron chi connectivity index (χ0n) is 13.3. The van der Waals surface area contributed by atoms with E-state index in [1.165, 1.54) is 0 Å². The lowest BCUT2D eigenvalue weighted by Gasteiger charge is -2.18. The van der Waals surface area contributed by atoms with Gasteiger partial charge in [0.25, 0.3) is 5.91 Å². The second kappa shape index (κ2) is 9.35. The molecule has 0 radical (unpaired) electrons. The molecular formula is C18H19ClN2O2S. The van der Waals surface area contributed by atoms with Gasteiger partial charge in [0, 0.05) is 5.69 Å². The lowest BCUT2D eigenvalue weighted by molar-refractivity contribution is -0.118. The molecule has 2 amide bonds. The van der Waals surface area contributed by atoms with Gasteiger partial charge in [-0.05, 0) is 42.7 Å². The van der Waals surface area contributed by atoms with Crippen molar-refractivity contribution in [1.82, 2.24) is 5.32 Å². The first-order valence-electron chi connectivity index (χ1n) is 7.52. The van der Waals surface area contributed by atoms with Crippen LogP contribution in [0.15, 0.2) is 54.6 Å². The average molecular weight is 363 g/mol. The highest BCUT2D eigenvalue weighted by molar-refractivity contribution is 7.98. The molecule has 0 aliphatic carbocycles. The molecule has 0 saturated carbocycles. The van der Waals surface area contributed by atoms with E-state index in [0.717, 1.165) is 5.75 Å². The number of nitrogens with one attached hydrogen (secondary N) is 2. The highest BCUT2D eigenvalue weighted by atomic mass is 35.5. The van der Waals surface area contributed by atoms with Crippen LogP contribution in [0.2, 0.25) is 5.02 Å². The third-order valence-corrected chi connectivity index (χ3v) is 4.37. The standard InChI is InChI=1S/C18H19ClN2O2S/c1-24-12-11-16(18(23)20-13-7-3-2-4-8-13)21-17(22)14-9-5-6-10-15(14)19/h2-10,16H,11-12H2,1H3,(H,20,23)(H,21,22). The fourth-order valence-electron chi connectivity index (χ4n) is 2.14. The molecule has 0 heterocycles. The Hall–Kier alpha value is -1.98. The topological polar surface area (TPSA) is 58.2 Å². The highest BCUT2D eigenvalue weighted by Crippen LogP contribution is 2.15. The molecule has 0 fully saturated rings. The van der Waals surface area contributed by atoms with Crippen molar-refractivity contribution in [2.75, 3.05) is 17.3 Å². The molecule has 0 aliphatic rings. The zero-order valence-corrected chi connectivity index (χ0v) is 14.9. The summed E-state index contributed by atoms with van der Waals surface area (Å²) in [5, 5.41) is 5.97. The van der Waals surface area contributed by atoms with Gasteiger partial charge in [-0.1, -0.05) is 41.9 Å². The molecule has 0 saturated heterocycles. The SMILES string of the molecule is CSCCC(NC(=O)c1ccccc1Cl)C(=O)Nc1ccccc1. The second-order valence-electron chi connectivity index (χ2n) is 5.14. The van der Waals surface area contributed by atoms with Gasteiger partial charge in [0.1, 0.15) is 6.04 Å². The van der Waals surface area contributed by atoms with E-state index in [4.69, 9.17) is 11.6 Å². The minimum atomic E-state index is -0.624. The van der Waals surface area contributed by atoms with Crippen LogP contribution in [0, 0.1) is 0 Å². The number of halogens is 1. The van der Waals surface area contributed by atoms with Gasteiger partial charge in [-0.2, -0.15) is 11.8 Å². The second-order valence-corrected chi connectivity index (χ2v) is 6.54. The van der Waals surface area contributed by atoms with Gasteiger partial charge in [-0.15, -0.1) is 0 Å². The lowest BCUT2D eigenvalue weighted by atomic mass is 10.1. The largest absolute Gasteiger partial charge is 0.340 e. The number of para-hydroxylation sites is 1. The maximum absolute atomic E-state index is 12.5. The van der Waals surface area contributed by atoms with E-state index < -0.39 is 6.04 Å². The molecule has 2 aromatic carbocycles. The predicted molar refractivity (Wildman–Crippen MR) is 101 cm³/mol. The minimum absolute atomic E-state index is 0.240. The van der Waals surface area contributed by atoms with Crippen LogP contribution in [0.25, 0.3) is 0 Å². The Morgan fingerprint density at radius 2 is 1.75 bits per heavy atom. The summed E-state index contributed by atoms with van der Waals surface area (Å²) in [4.78, 5) is 24.9. The van der Waals surface area contributed by atoms with Gasteiger partial charge in [-0.25, -0.2) is 0 Å². The number of benzene rings is 2. The molecule has 24 heavy (non-hydrogen) atoms. The van der Waals surface area contributed by atoms with Crippen molar-refractivity contribution in [1.29, 1.82) is 0 Å². The van der Waals surface area contributed by atoms with Crippen molar-refractivity contribution < 1.29 is 9.59 Å². The van der Waals surface area contributed by atoms with Crippen molar-refractivity contribution in [2.24, 2.45) is 0 Å². The summed E-state index contributed by atoms with van der Waals surface area (Å²) in [6.45, 7) is 0. The summed E-state index contributed by atoms with van der Waals surface area (Å²) in [6.07, 6.45) is 2.50. The molecule has 126 valence electrons. The number of amides is 2. The summed E-state index contributed by atoms with van der Waals surface area (Å²) < 4.78 is 0. The first-order valence-corrected chi connectivity index (χ1v) is 9.29. The summed E-state index contributed by atoms with van der Waals surface area (Å²) in [5.74, 6) is 0.168.